The van der Waals surface area contributed by atoms with E-state index in [4.69, 9.17) is 16.3 Å². The van der Waals surface area contributed by atoms with Crippen LogP contribution in [0.2, 0.25) is 5.02 Å². The van der Waals surface area contributed by atoms with Crippen LogP contribution >= 0.6 is 35.3 Å². The summed E-state index contributed by atoms with van der Waals surface area (Å²) >= 11 is 7.38. The van der Waals surface area contributed by atoms with Gasteiger partial charge in [0.05, 0.1) is 33.4 Å². The highest BCUT2D eigenvalue weighted by Crippen LogP contribution is 2.34. The molecule has 0 bridgehead atoms. The van der Waals surface area contributed by atoms with Gasteiger partial charge < -0.3 is 4.74 Å². The van der Waals surface area contributed by atoms with Crippen molar-refractivity contribution in [2.45, 2.75) is 4.90 Å². The molecule has 4 rings (SSSR count). The first-order valence-electron chi connectivity index (χ1n) is 9.90. The fourth-order valence-corrected chi connectivity index (χ4v) is 5.65. The molecule has 3 aromatic rings. The molecule has 0 spiro atoms. The molecular formula is C21H22Cl2FN3O4S2. The Balaban J connectivity index is 0.00000306. The van der Waals surface area contributed by atoms with Gasteiger partial charge in [-0.15, -0.1) is 12.4 Å². The first kappa shape index (κ1) is 25.8. The smallest absolute Gasteiger partial charge is 0.261 e. The molecule has 0 atom stereocenters. The molecule has 0 radical (unpaired) electrons. The topological polar surface area (TPSA) is 79.8 Å². The number of ether oxygens (including phenoxy) is 1. The summed E-state index contributed by atoms with van der Waals surface area (Å²) in [5.74, 6) is -0.965. The molecule has 1 aliphatic heterocycles. The molecule has 1 amide bonds. The zero-order chi connectivity index (χ0) is 22.9. The number of rotatable bonds is 6. The van der Waals surface area contributed by atoms with Gasteiger partial charge in [0.25, 0.3) is 5.91 Å². The molecule has 1 saturated heterocycles. The number of amides is 1. The molecule has 12 heteroatoms. The number of para-hydroxylation sites is 1. The number of carbonyl (C=O) groups is 1. The van der Waals surface area contributed by atoms with E-state index in [2.05, 4.69) is 9.88 Å². The van der Waals surface area contributed by atoms with Crippen molar-refractivity contribution in [3.8, 4) is 0 Å². The summed E-state index contributed by atoms with van der Waals surface area (Å²) < 4.78 is 44.0. The number of morpholine rings is 1. The number of hydrogen-bond donors (Lipinski definition) is 0. The maximum atomic E-state index is 13.5. The summed E-state index contributed by atoms with van der Waals surface area (Å²) in [6.45, 7) is 3.62. The third kappa shape index (κ3) is 5.82. The minimum absolute atomic E-state index is 0. The molecule has 33 heavy (non-hydrogen) atoms. The fourth-order valence-electron chi connectivity index (χ4n) is 3.48. The van der Waals surface area contributed by atoms with Crippen molar-refractivity contribution >= 4 is 66.4 Å². The monoisotopic (exact) mass is 533 g/mol. The van der Waals surface area contributed by atoms with Crippen LogP contribution in [-0.2, 0) is 14.6 Å². The molecule has 0 unspecified atom stereocenters. The number of hydrogen-bond acceptors (Lipinski definition) is 7. The SMILES string of the molecule is CS(=O)(=O)c1cccc2sc(N(CCN3CCOCC3)C(=O)c3ccc(F)cc3Cl)nc12.Cl. The summed E-state index contributed by atoms with van der Waals surface area (Å²) in [7, 11) is -3.50. The molecular weight excluding hydrogens is 512 g/mol. The third-order valence-electron chi connectivity index (χ3n) is 5.15. The van der Waals surface area contributed by atoms with E-state index in [1.807, 2.05) is 0 Å². The van der Waals surface area contributed by atoms with Crippen molar-refractivity contribution in [2.24, 2.45) is 0 Å². The van der Waals surface area contributed by atoms with Crippen molar-refractivity contribution in [1.82, 2.24) is 9.88 Å². The zero-order valence-electron chi connectivity index (χ0n) is 17.7. The van der Waals surface area contributed by atoms with E-state index < -0.39 is 21.6 Å². The van der Waals surface area contributed by atoms with E-state index >= 15 is 0 Å². The molecule has 7 nitrogen and oxygen atoms in total. The Labute approximate surface area is 206 Å². The maximum Gasteiger partial charge on any atom is 0.261 e. The number of thiazole rings is 1. The largest absolute Gasteiger partial charge is 0.379 e. The third-order valence-corrected chi connectivity index (χ3v) is 7.64. The number of halogens is 3. The van der Waals surface area contributed by atoms with Crippen molar-refractivity contribution in [3.63, 3.8) is 0 Å². The van der Waals surface area contributed by atoms with Gasteiger partial charge in [-0.3, -0.25) is 14.6 Å². The summed E-state index contributed by atoms with van der Waals surface area (Å²) in [6.07, 6.45) is 1.13. The Bertz CT molecular complexity index is 1260. The lowest BCUT2D eigenvalue weighted by molar-refractivity contribution is 0.0391. The lowest BCUT2D eigenvalue weighted by atomic mass is 10.2. The Morgan fingerprint density at radius 1 is 1.27 bits per heavy atom. The number of aromatic nitrogens is 1. The molecule has 1 aromatic heterocycles. The van der Waals surface area contributed by atoms with E-state index in [0.717, 1.165) is 25.4 Å². The summed E-state index contributed by atoms with van der Waals surface area (Å²) in [5.41, 5.74) is 0.474. The van der Waals surface area contributed by atoms with Crippen LogP contribution in [0, 0.1) is 5.82 Å². The van der Waals surface area contributed by atoms with Crippen LogP contribution in [0.3, 0.4) is 0 Å². The van der Waals surface area contributed by atoms with Crippen LogP contribution in [0.1, 0.15) is 10.4 Å². The highest BCUT2D eigenvalue weighted by atomic mass is 35.5. The van der Waals surface area contributed by atoms with Crippen molar-refractivity contribution in [3.05, 3.63) is 52.8 Å². The van der Waals surface area contributed by atoms with Crippen LogP contribution in [0.15, 0.2) is 41.3 Å². The molecule has 0 saturated carbocycles. The Kier molecular flexibility index (Phi) is 8.31. The van der Waals surface area contributed by atoms with Crippen LogP contribution in [0.4, 0.5) is 9.52 Å². The summed E-state index contributed by atoms with van der Waals surface area (Å²) in [4.78, 5) is 21.7. The van der Waals surface area contributed by atoms with Gasteiger partial charge >= 0.3 is 0 Å². The summed E-state index contributed by atoms with van der Waals surface area (Å²) in [5, 5.41) is 0.360. The van der Waals surface area contributed by atoms with Crippen molar-refractivity contribution in [2.75, 3.05) is 50.5 Å². The predicted octanol–water partition coefficient (Wildman–Crippen LogP) is 3.89. The lowest BCUT2D eigenvalue weighted by Crippen LogP contribution is -2.43. The normalized spacial score (nSPS) is 14.8. The van der Waals surface area contributed by atoms with E-state index in [1.165, 1.54) is 34.4 Å². The van der Waals surface area contributed by atoms with Gasteiger partial charge in [-0.2, -0.15) is 0 Å². The predicted molar refractivity (Wildman–Crippen MR) is 130 cm³/mol. The molecule has 178 valence electrons. The second-order valence-electron chi connectivity index (χ2n) is 7.41. The Morgan fingerprint density at radius 3 is 2.67 bits per heavy atom. The highest BCUT2D eigenvalue weighted by molar-refractivity contribution is 7.91. The minimum Gasteiger partial charge on any atom is -0.379 e. The van der Waals surface area contributed by atoms with Crippen LogP contribution in [0.25, 0.3) is 10.2 Å². The van der Waals surface area contributed by atoms with Crippen LogP contribution in [-0.4, -0.2) is 69.9 Å². The molecule has 1 aliphatic rings. The van der Waals surface area contributed by atoms with Gasteiger partial charge in [-0.05, 0) is 30.3 Å². The summed E-state index contributed by atoms with van der Waals surface area (Å²) in [6, 6.07) is 8.53. The number of anilines is 1. The van der Waals surface area contributed by atoms with Crippen molar-refractivity contribution < 1.29 is 22.3 Å². The van der Waals surface area contributed by atoms with E-state index in [9.17, 15) is 17.6 Å². The Morgan fingerprint density at radius 2 is 2.00 bits per heavy atom. The van der Waals surface area contributed by atoms with Gasteiger partial charge in [-0.1, -0.05) is 29.0 Å². The second kappa shape index (κ2) is 10.6. The number of nitrogens with zero attached hydrogens (tertiary/aromatic N) is 3. The van der Waals surface area contributed by atoms with Gasteiger partial charge in [0.2, 0.25) is 0 Å². The quantitative estimate of drug-likeness (QED) is 0.478. The fraction of sp³-hybridized carbons (Fsp3) is 0.333. The van der Waals surface area contributed by atoms with E-state index in [-0.39, 0.29) is 27.9 Å². The average Bonchev–Trinajstić information content (AvgIpc) is 3.17. The van der Waals surface area contributed by atoms with Gasteiger partial charge in [-0.25, -0.2) is 17.8 Å². The lowest BCUT2D eigenvalue weighted by Gasteiger charge is -2.29. The van der Waals surface area contributed by atoms with Gasteiger partial charge in [0, 0.05) is 32.4 Å². The van der Waals surface area contributed by atoms with E-state index in [0.29, 0.717) is 41.7 Å². The molecule has 1 fully saturated rings. The van der Waals surface area contributed by atoms with Gasteiger partial charge in [0.15, 0.2) is 15.0 Å². The first-order valence-corrected chi connectivity index (χ1v) is 13.0. The first-order chi connectivity index (χ1) is 15.2. The van der Waals surface area contributed by atoms with Crippen LogP contribution in [0.5, 0.6) is 0 Å². The minimum atomic E-state index is -3.50. The van der Waals surface area contributed by atoms with E-state index in [1.54, 1.807) is 12.1 Å². The second-order valence-corrected chi connectivity index (χ2v) is 10.8. The molecule has 0 aliphatic carbocycles. The molecule has 0 N–H and O–H groups in total. The van der Waals surface area contributed by atoms with Crippen LogP contribution < -0.4 is 4.90 Å². The highest BCUT2D eigenvalue weighted by Gasteiger charge is 2.26. The van der Waals surface area contributed by atoms with Gasteiger partial charge in [0.1, 0.15) is 11.3 Å². The number of fused-ring (bicyclic) bond motifs is 1. The maximum absolute atomic E-state index is 13.5. The Hall–Kier alpha value is -1.82. The number of benzene rings is 2. The molecule has 2 heterocycles. The number of sulfone groups is 1. The molecule has 2 aromatic carbocycles. The number of carbonyl (C=O) groups excluding carboxylic acids is 1. The average molecular weight is 534 g/mol. The standard InChI is InChI=1S/C21H21ClFN3O4S2.ClH/c1-32(28,29)18-4-2-3-17-19(18)24-21(31-17)26(8-7-25-9-11-30-12-10-25)20(27)15-6-5-14(23)13-16(15)22;/h2-6,13H,7-12H2,1H3;1H. The zero-order valence-corrected chi connectivity index (χ0v) is 20.9. The van der Waals surface area contributed by atoms with Crippen molar-refractivity contribution in [1.29, 1.82) is 0 Å².